The van der Waals surface area contributed by atoms with Crippen molar-refractivity contribution in [3.63, 3.8) is 0 Å². The Morgan fingerprint density at radius 2 is 1.49 bits per heavy atom. The molecule has 7 atom stereocenters. The minimum atomic E-state index is -0.0143. The molecule has 7 unspecified atom stereocenters. The highest BCUT2D eigenvalue weighted by Crippen LogP contribution is 2.46. The molecular weight excluding hydrogens is 771 g/mol. The van der Waals surface area contributed by atoms with Crippen LogP contribution in [0, 0.1) is 17.8 Å². The average Bonchev–Trinajstić information content (AvgIpc) is 4.05. The molecule has 7 aliphatic rings. The molecule has 306 valence electrons. The van der Waals surface area contributed by atoms with Gasteiger partial charge in [-0.25, -0.2) is 0 Å². The Balaban J connectivity index is 0.910. The van der Waals surface area contributed by atoms with Gasteiger partial charge in [0.1, 0.15) is 22.7 Å². The van der Waals surface area contributed by atoms with Gasteiger partial charge in [-0.05, 0) is 95.0 Å². The molecule has 2 aromatic heterocycles. The molecular formula is C59H47NO3. The minimum Gasteiger partial charge on any atom is -0.460 e. The quantitative estimate of drug-likeness (QED) is 0.182. The van der Waals surface area contributed by atoms with Crippen molar-refractivity contribution in [2.75, 3.05) is 0 Å². The third-order valence-corrected chi connectivity index (χ3v) is 14.4. The number of allylic oxidation sites excluding steroid dienone is 10. The second-order valence-electron chi connectivity index (χ2n) is 18.1. The number of dihydropyridines is 1. The predicted octanol–water partition coefficient (Wildman–Crippen LogP) is 13.9. The lowest BCUT2D eigenvalue weighted by Gasteiger charge is -2.30. The third kappa shape index (κ3) is 6.30. The van der Waals surface area contributed by atoms with Gasteiger partial charge in [0.05, 0.1) is 18.2 Å². The van der Waals surface area contributed by atoms with E-state index in [1.54, 1.807) is 0 Å². The Labute approximate surface area is 368 Å². The molecule has 4 aromatic carbocycles. The van der Waals surface area contributed by atoms with Gasteiger partial charge in [-0.2, -0.15) is 0 Å². The number of ether oxygens (including phenoxy) is 1. The van der Waals surface area contributed by atoms with Crippen LogP contribution in [0.4, 0.5) is 0 Å². The van der Waals surface area contributed by atoms with Crippen LogP contribution in [0.15, 0.2) is 196 Å². The zero-order chi connectivity index (χ0) is 41.4. The zero-order valence-corrected chi connectivity index (χ0v) is 35.0. The maximum atomic E-state index is 6.73. The molecule has 4 heterocycles. The van der Waals surface area contributed by atoms with Crippen LogP contribution >= 0.6 is 0 Å². The topological polar surface area (TPSA) is 47.5 Å². The lowest BCUT2D eigenvalue weighted by atomic mass is 9.77. The van der Waals surface area contributed by atoms with E-state index in [0.29, 0.717) is 17.8 Å². The molecule has 63 heavy (non-hydrogen) atoms. The van der Waals surface area contributed by atoms with Crippen LogP contribution in [0.2, 0.25) is 0 Å². The number of benzene rings is 4. The standard InChI is InChI=1S/C59H47NO3/c1-2-12-37(13-3-1)52-34-41(35-53(60-52)38-26-24-36(25-27-38)39-28-29-57-51(33-39)48-16-6-7-21-54(48)61-57)40-30-42(44-17-10-19-49-46-14-4-8-22-55(46)62-58(44)49)32-43(31-40)45-18-11-20-50-47-15-5-9-23-56(47)63-59(45)50/h1-4,6-14,16,18-24,26-36,44,48,51,53-54,57,60H,5,15,17,25H2. The lowest BCUT2D eigenvalue weighted by molar-refractivity contribution is 0.0881. The van der Waals surface area contributed by atoms with Crippen LogP contribution in [0.5, 0.6) is 0 Å². The summed E-state index contributed by atoms with van der Waals surface area (Å²) in [5, 5.41) is 6.34. The van der Waals surface area contributed by atoms with Crippen LogP contribution in [-0.2, 0) is 11.2 Å². The van der Waals surface area contributed by atoms with Gasteiger partial charge in [-0.3, -0.25) is 0 Å². The maximum absolute atomic E-state index is 6.73. The number of fused-ring (bicyclic) bond motifs is 9. The Bertz CT molecular complexity index is 3170. The van der Waals surface area contributed by atoms with E-state index in [1.807, 2.05) is 0 Å². The molecule has 1 N–H and O–H groups in total. The third-order valence-electron chi connectivity index (χ3n) is 14.4. The normalized spacial score (nSPS) is 26.4. The lowest BCUT2D eigenvalue weighted by Crippen LogP contribution is -2.31. The largest absolute Gasteiger partial charge is 0.460 e. The van der Waals surface area contributed by atoms with Crippen molar-refractivity contribution in [1.82, 2.24) is 5.32 Å². The summed E-state index contributed by atoms with van der Waals surface area (Å²) in [5.41, 5.74) is 15.2. The monoisotopic (exact) mass is 817 g/mol. The zero-order valence-electron chi connectivity index (χ0n) is 35.0. The first-order valence-corrected chi connectivity index (χ1v) is 22.8. The fraction of sp³-hybridized carbons (Fsp3) is 0.186. The summed E-state index contributed by atoms with van der Waals surface area (Å²) in [4.78, 5) is 0. The molecule has 0 bridgehead atoms. The summed E-state index contributed by atoms with van der Waals surface area (Å²) in [7, 11) is 0. The predicted molar refractivity (Wildman–Crippen MR) is 257 cm³/mol. The van der Waals surface area contributed by atoms with Gasteiger partial charge in [0.25, 0.3) is 0 Å². The van der Waals surface area contributed by atoms with E-state index < -0.39 is 0 Å². The molecule has 13 rings (SSSR count). The number of furan rings is 2. The molecule has 5 aliphatic carbocycles. The molecule has 0 spiro atoms. The van der Waals surface area contributed by atoms with Crippen LogP contribution in [0.3, 0.4) is 0 Å². The van der Waals surface area contributed by atoms with Crippen LogP contribution in [0.1, 0.15) is 64.5 Å². The highest BCUT2D eigenvalue weighted by atomic mass is 16.5. The Hall–Kier alpha value is -6.88. The van der Waals surface area contributed by atoms with E-state index in [1.165, 1.54) is 55.3 Å². The van der Waals surface area contributed by atoms with Crippen molar-refractivity contribution >= 4 is 45.4 Å². The second-order valence-corrected chi connectivity index (χ2v) is 18.1. The molecule has 0 amide bonds. The summed E-state index contributed by atoms with van der Waals surface area (Å²) in [6, 6.07) is 33.0. The number of rotatable bonds is 6. The molecule has 0 saturated carbocycles. The summed E-state index contributed by atoms with van der Waals surface area (Å²) < 4.78 is 19.9. The van der Waals surface area contributed by atoms with Gasteiger partial charge >= 0.3 is 0 Å². The number of nitrogens with one attached hydrogen (secondary N) is 1. The molecule has 0 radical (unpaired) electrons. The van der Waals surface area contributed by atoms with Crippen molar-refractivity contribution < 1.29 is 13.6 Å². The second kappa shape index (κ2) is 14.9. The maximum Gasteiger partial charge on any atom is 0.142 e. The number of hydrogen-bond acceptors (Lipinski definition) is 4. The van der Waals surface area contributed by atoms with Gasteiger partial charge in [0.2, 0.25) is 0 Å². The molecule has 4 nitrogen and oxygen atoms in total. The molecule has 1 saturated heterocycles. The first-order valence-electron chi connectivity index (χ1n) is 22.8. The van der Waals surface area contributed by atoms with Gasteiger partial charge in [0.15, 0.2) is 0 Å². The number of para-hydroxylation sites is 2. The van der Waals surface area contributed by atoms with E-state index in [0.717, 1.165) is 65.2 Å². The van der Waals surface area contributed by atoms with Gasteiger partial charge in [-0.1, -0.05) is 158 Å². The summed E-state index contributed by atoms with van der Waals surface area (Å²) in [6.45, 7) is 0. The number of hydrogen-bond donors (Lipinski definition) is 1. The van der Waals surface area contributed by atoms with E-state index in [4.69, 9.17) is 13.6 Å². The smallest absolute Gasteiger partial charge is 0.142 e. The van der Waals surface area contributed by atoms with Crippen molar-refractivity contribution in [3.05, 3.63) is 227 Å². The van der Waals surface area contributed by atoms with Crippen LogP contribution in [-0.4, -0.2) is 18.2 Å². The first-order chi connectivity index (χ1) is 31.2. The van der Waals surface area contributed by atoms with E-state index in [-0.39, 0.29) is 24.2 Å². The van der Waals surface area contributed by atoms with Gasteiger partial charge < -0.3 is 18.9 Å². The van der Waals surface area contributed by atoms with E-state index >= 15 is 0 Å². The Morgan fingerprint density at radius 3 is 2.43 bits per heavy atom. The SMILES string of the molecule is C1=CC2OC3C=CC(C4C=CC(C5C=C(c6cc(-c7cccc8c9c(oc78)C=CCC9)cc(C7CC=Cc8c7oc7ccccc87)c6)C=C(c6ccccc6)N5)=CC4)=CC3C2C=C1. The summed E-state index contributed by atoms with van der Waals surface area (Å²) in [6.07, 6.45) is 41.0. The van der Waals surface area contributed by atoms with E-state index in [2.05, 4.69) is 194 Å². The summed E-state index contributed by atoms with van der Waals surface area (Å²) >= 11 is 0. The van der Waals surface area contributed by atoms with Crippen molar-refractivity contribution in [2.45, 2.75) is 49.9 Å². The van der Waals surface area contributed by atoms with Gasteiger partial charge in [-0.15, -0.1) is 0 Å². The average molecular weight is 818 g/mol. The van der Waals surface area contributed by atoms with Crippen molar-refractivity contribution in [2.24, 2.45) is 17.8 Å². The molecule has 2 aliphatic heterocycles. The highest BCUT2D eigenvalue weighted by molar-refractivity contribution is 5.98. The highest BCUT2D eigenvalue weighted by Gasteiger charge is 2.42. The Kier molecular flexibility index (Phi) is 8.69. The van der Waals surface area contributed by atoms with Crippen molar-refractivity contribution in [3.8, 4) is 11.1 Å². The fourth-order valence-electron chi connectivity index (χ4n) is 11.2. The molecule has 6 aromatic rings. The first kappa shape index (κ1) is 36.7. The molecule has 1 fully saturated rings. The van der Waals surface area contributed by atoms with Crippen LogP contribution in [0.25, 0.3) is 56.5 Å². The van der Waals surface area contributed by atoms with Gasteiger partial charge in [0, 0.05) is 56.8 Å². The Morgan fingerprint density at radius 1 is 0.635 bits per heavy atom. The summed E-state index contributed by atoms with van der Waals surface area (Å²) in [5.74, 6) is 3.20. The minimum absolute atomic E-state index is 0.0143. The van der Waals surface area contributed by atoms with Crippen LogP contribution < -0.4 is 5.32 Å². The van der Waals surface area contributed by atoms with Crippen molar-refractivity contribution in [1.29, 1.82) is 0 Å². The number of aryl methyl sites for hydroxylation is 1. The molecule has 4 heteroatoms. The fourth-order valence-corrected chi connectivity index (χ4v) is 11.2. The van der Waals surface area contributed by atoms with E-state index in [9.17, 15) is 0 Å².